The molecule has 0 N–H and O–H groups in total. The Labute approximate surface area is 289 Å². The lowest BCUT2D eigenvalue weighted by molar-refractivity contribution is -0.0580. The van der Waals surface area contributed by atoms with Crippen molar-refractivity contribution in [2.24, 2.45) is 10.4 Å². The molecule has 7 rings (SSSR count). The summed E-state index contributed by atoms with van der Waals surface area (Å²) in [7, 11) is 6.14. The summed E-state index contributed by atoms with van der Waals surface area (Å²) in [6.45, 7) is 11.4. The van der Waals surface area contributed by atoms with Gasteiger partial charge in [0, 0.05) is 60.8 Å². The summed E-state index contributed by atoms with van der Waals surface area (Å²) >= 11 is 1.00. The summed E-state index contributed by atoms with van der Waals surface area (Å²) in [5.41, 5.74) is 0.373. The molecule has 49 heavy (non-hydrogen) atoms. The molecule has 0 amide bonds. The molecule has 0 bridgehead atoms. The molecule has 3 aromatic heterocycles. The number of ether oxygens (including phenoxy) is 2. The summed E-state index contributed by atoms with van der Waals surface area (Å²) in [5, 5.41) is 10.9. The Balaban J connectivity index is 1.29. The number of halogens is 2. The van der Waals surface area contributed by atoms with Crippen molar-refractivity contribution in [1.82, 2.24) is 24.8 Å². The van der Waals surface area contributed by atoms with Crippen LogP contribution in [0.2, 0.25) is 0 Å². The van der Waals surface area contributed by atoms with Gasteiger partial charge in [0.1, 0.15) is 33.9 Å². The van der Waals surface area contributed by atoms with Gasteiger partial charge in [-0.05, 0) is 78.9 Å². The van der Waals surface area contributed by atoms with Gasteiger partial charge < -0.3 is 19.3 Å². The number of pyridine rings is 1. The molecule has 1 saturated heterocycles. The molecule has 4 aromatic rings. The Morgan fingerprint density at radius 3 is 2.61 bits per heavy atom. The molecule has 3 aliphatic rings. The van der Waals surface area contributed by atoms with E-state index in [0.717, 1.165) is 56.5 Å². The van der Waals surface area contributed by atoms with Gasteiger partial charge in [-0.3, -0.25) is 14.9 Å². The van der Waals surface area contributed by atoms with Crippen LogP contribution in [0.1, 0.15) is 51.5 Å². The summed E-state index contributed by atoms with van der Waals surface area (Å²) in [4.78, 5) is 24.8. The van der Waals surface area contributed by atoms with Crippen molar-refractivity contribution in [3.8, 4) is 23.3 Å². The highest BCUT2D eigenvalue weighted by Gasteiger charge is 2.46. The van der Waals surface area contributed by atoms with Gasteiger partial charge in [-0.2, -0.15) is 15.2 Å². The smallest absolute Gasteiger partial charge is 0.319 e. The molecule has 2 saturated carbocycles. The van der Waals surface area contributed by atoms with Crippen LogP contribution in [-0.2, 0) is 4.74 Å². The van der Waals surface area contributed by atoms with Crippen molar-refractivity contribution in [1.29, 1.82) is 5.26 Å². The number of likely N-dealkylation sites (N-methyl/N-ethyl adjacent to an activating group) is 2. The van der Waals surface area contributed by atoms with Crippen molar-refractivity contribution in [3.63, 3.8) is 0 Å². The van der Waals surface area contributed by atoms with Gasteiger partial charge in [-0.25, -0.2) is 8.78 Å². The second kappa shape index (κ2) is 12.8. The molecular formula is C36H42F2N8O2S. The summed E-state index contributed by atoms with van der Waals surface area (Å²) in [5.74, 6) is -0.694. The highest BCUT2D eigenvalue weighted by molar-refractivity contribution is 7.23. The zero-order valence-electron chi connectivity index (χ0n) is 28.7. The number of nitriles is 1. The number of morpholine rings is 1. The zero-order valence-corrected chi connectivity index (χ0v) is 29.5. The van der Waals surface area contributed by atoms with Gasteiger partial charge in [-0.1, -0.05) is 0 Å². The van der Waals surface area contributed by atoms with E-state index in [9.17, 15) is 9.65 Å². The predicted octanol–water partition coefficient (Wildman–Crippen LogP) is 6.58. The maximum absolute atomic E-state index is 16.9. The maximum atomic E-state index is 16.9. The van der Waals surface area contributed by atoms with Crippen LogP contribution in [0.15, 0.2) is 23.3 Å². The van der Waals surface area contributed by atoms with Gasteiger partial charge >= 0.3 is 6.01 Å². The minimum absolute atomic E-state index is 0.0216. The standard InChI is InChI=1S/C36H42F2N8O2S/c1-21-17-47-22(2)16-46(21)18-35(12-13-35)20-48-34-42-30-25(32(43-34)45(6)19-36(44(4)5)10-7-11-36)15-41-29(28(30)38)23-8-9-26(37)31-27(23)24(14-39)33(40-3)49-31/h8-9,15,21-22H,3,7,10-13,16-20H2,1-2,4-6H3/t21-,22+/m0/s1. The monoisotopic (exact) mass is 688 g/mol. The number of aromatic nitrogens is 3. The molecule has 2 atom stereocenters. The van der Waals surface area contributed by atoms with E-state index in [2.05, 4.69) is 65.5 Å². The molecule has 258 valence electrons. The Bertz CT molecular complexity index is 1970. The minimum atomic E-state index is -0.696. The van der Waals surface area contributed by atoms with E-state index in [1.54, 1.807) is 6.20 Å². The first-order valence-electron chi connectivity index (χ1n) is 16.8. The van der Waals surface area contributed by atoms with Crippen molar-refractivity contribution >= 4 is 49.9 Å². The van der Waals surface area contributed by atoms with Crippen molar-refractivity contribution in [2.75, 3.05) is 58.9 Å². The number of hydrogen-bond acceptors (Lipinski definition) is 11. The van der Waals surface area contributed by atoms with E-state index in [0.29, 0.717) is 37.0 Å². The summed E-state index contributed by atoms with van der Waals surface area (Å²) < 4.78 is 44.3. The van der Waals surface area contributed by atoms with Crippen LogP contribution >= 0.6 is 11.3 Å². The van der Waals surface area contributed by atoms with Crippen LogP contribution in [0, 0.1) is 28.4 Å². The Hall–Kier alpha value is -3.83. The maximum Gasteiger partial charge on any atom is 0.319 e. The van der Waals surface area contributed by atoms with Gasteiger partial charge in [0.15, 0.2) is 5.82 Å². The van der Waals surface area contributed by atoms with Gasteiger partial charge in [0.05, 0.1) is 35.0 Å². The van der Waals surface area contributed by atoms with E-state index in [-0.39, 0.29) is 60.5 Å². The van der Waals surface area contributed by atoms with E-state index in [1.165, 1.54) is 12.1 Å². The average molecular weight is 689 g/mol. The highest BCUT2D eigenvalue weighted by atomic mass is 32.1. The van der Waals surface area contributed by atoms with Crippen LogP contribution < -0.4 is 9.64 Å². The fourth-order valence-electron chi connectivity index (χ4n) is 7.35. The summed E-state index contributed by atoms with van der Waals surface area (Å²) in [6.07, 6.45) is 7.07. The molecule has 10 nitrogen and oxygen atoms in total. The number of nitrogens with zero attached hydrogens (tertiary/aromatic N) is 8. The third-order valence-electron chi connectivity index (χ3n) is 10.8. The normalized spacial score (nSPS) is 21.4. The molecule has 3 fully saturated rings. The molecular weight excluding hydrogens is 647 g/mol. The second-order valence-corrected chi connectivity index (χ2v) is 15.4. The first-order valence-corrected chi connectivity index (χ1v) is 17.7. The van der Waals surface area contributed by atoms with Crippen molar-refractivity contribution in [3.05, 3.63) is 35.5 Å². The fourth-order valence-corrected chi connectivity index (χ4v) is 8.34. The number of fused-ring (bicyclic) bond motifs is 2. The SMILES string of the molecule is C=Nc1sc2c(F)ccc(-c3ncc4c(N(C)CC5(N(C)C)CCC5)nc(OCC5(CN6C[C@@H](C)OC[C@@H]6C)CC5)nc4c3F)c2c1C#N. The predicted molar refractivity (Wildman–Crippen MR) is 189 cm³/mol. The fraction of sp³-hybridized carbons (Fsp3) is 0.528. The Morgan fingerprint density at radius 1 is 1.18 bits per heavy atom. The minimum Gasteiger partial charge on any atom is -0.463 e. The van der Waals surface area contributed by atoms with Crippen LogP contribution in [0.4, 0.5) is 19.6 Å². The van der Waals surface area contributed by atoms with Crippen LogP contribution in [0.3, 0.4) is 0 Å². The lowest BCUT2D eigenvalue weighted by Crippen LogP contribution is -2.56. The molecule has 1 aliphatic heterocycles. The molecule has 2 aliphatic carbocycles. The number of benzene rings is 1. The first kappa shape index (κ1) is 33.7. The van der Waals surface area contributed by atoms with Crippen LogP contribution in [-0.4, -0.2) is 103 Å². The molecule has 0 unspecified atom stereocenters. The topological polar surface area (TPSA) is 103 Å². The third-order valence-corrected chi connectivity index (χ3v) is 11.9. The van der Waals surface area contributed by atoms with Crippen LogP contribution in [0.5, 0.6) is 6.01 Å². The lowest BCUT2D eigenvalue weighted by atomic mass is 9.75. The molecule has 0 spiro atoms. The lowest BCUT2D eigenvalue weighted by Gasteiger charge is -2.49. The number of anilines is 1. The quantitative estimate of drug-likeness (QED) is 0.162. The first-order chi connectivity index (χ1) is 23.5. The van der Waals surface area contributed by atoms with Gasteiger partial charge in [0.25, 0.3) is 0 Å². The number of thiophene rings is 1. The number of hydrogen-bond donors (Lipinski definition) is 0. The van der Waals surface area contributed by atoms with Gasteiger partial charge in [0.2, 0.25) is 0 Å². The number of rotatable bonds is 11. The number of aliphatic imine (C=N–C) groups is 1. The second-order valence-electron chi connectivity index (χ2n) is 14.4. The Morgan fingerprint density at radius 2 is 1.96 bits per heavy atom. The molecule has 1 aromatic carbocycles. The average Bonchev–Trinajstić information content (AvgIpc) is 3.72. The largest absolute Gasteiger partial charge is 0.463 e. The van der Waals surface area contributed by atoms with Gasteiger partial charge in [-0.15, -0.1) is 11.3 Å². The molecule has 4 heterocycles. The van der Waals surface area contributed by atoms with E-state index < -0.39 is 11.6 Å². The van der Waals surface area contributed by atoms with E-state index >= 15 is 4.39 Å². The zero-order chi connectivity index (χ0) is 34.7. The van der Waals surface area contributed by atoms with Crippen molar-refractivity contribution < 1.29 is 18.3 Å². The molecule has 0 radical (unpaired) electrons. The van der Waals surface area contributed by atoms with Crippen LogP contribution in [0.25, 0.3) is 32.2 Å². The molecule has 13 heteroatoms. The van der Waals surface area contributed by atoms with E-state index in [1.807, 2.05) is 11.9 Å². The Kier molecular flexibility index (Phi) is 8.80. The summed E-state index contributed by atoms with van der Waals surface area (Å²) in [6, 6.07) is 5.23. The third kappa shape index (κ3) is 6.03. The van der Waals surface area contributed by atoms with Crippen molar-refractivity contribution in [2.45, 2.75) is 63.6 Å². The highest BCUT2D eigenvalue weighted by Crippen LogP contribution is 2.48. The van der Waals surface area contributed by atoms with E-state index in [4.69, 9.17) is 14.5 Å².